The fourth-order valence-electron chi connectivity index (χ4n) is 2.14. The zero-order chi connectivity index (χ0) is 15.1. The summed E-state index contributed by atoms with van der Waals surface area (Å²) in [5.74, 6) is -0.569. The summed E-state index contributed by atoms with van der Waals surface area (Å²) in [7, 11) is 0. The van der Waals surface area contributed by atoms with E-state index in [0.29, 0.717) is 13.1 Å². The lowest BCUT2D eigenvalue weighted by atomic mass is 10.1. The molecular weight excluding hydrogens is 272 g/mol. The molecule has 5 N–H and O–H groups in total. The van der Waals surface area contributed by atoms with Crippen molar-refractivity contribution in [3.05, 3.63) is 35.9 Å². The molecule has 7 heteroatoms. The van der Waals surface area contributed by atoms with Crippen LogP contribution in [0.5, 0.6) is 0 Å². The maximum Gasteiger partial charge on any atom is 0.408 e. The van der Waals surface area contributed by atoms with Gasteiger partial charge < -0.3 is 26.4 Å². The molecule has 0 radical (unpaired) electrons. The lowest BCUT2D eigenvalue weighted by Gasteiger charge is -2.18. The van der Waals surface area contributed by atoms with Crippen LogP contribution in [0.15, 0.2) is 30.3 Å². The summed E-state index contributed by atoms with van der Waals surface area (Å²) >= 11 is 0. The molecule has 114 valence electrons. The monoisotopic (exact) mass is 292 g/mol. The van der Waals surface area contributed by atoms with Gasteiger partial charge in [0.2, 0.25) is 5.91 Å². The van der Waals surface area contributed by atoms with Crippen molar-refractivity contribution < 1.29 is 14.3 Å². The number of carbonyl (C=O) groups excluding carboxylic acids is 2. The Morgan fingerprint density at radius 3 is 2.76 bits per heavy atom. The molecule has 2 amide bonds. The number of rotatable bonds is 6. The molecule has 1 aliphatic heterocycles. The zero-order valence-corrected chi connectivity index (χ0v) is 11.7. The lowest BCUT2D eigenvalue weighted by Crippen LogP contribution is -2.48. The van der Waals surface area contributed by atoms with Crippen LogP contribution >= 0.6 is 0 Å². The van der Waals surface area contributed by atoms with Gasteiger partial charge in [-0.15, -0.1) is 0 Å². The van der Waals surface area contributed by atoms with E-state index in [9.17, 15) is 9.59 Å². The Kier molecular flexibility index (Phi) is 5.53. The summed E-state index contributed by atoms with van der Waals surface area (Å²) < 4.78 is 5.08. The van der Waals surface area contributed by atoms with Crippen molar-refractivity contribution in [2.75, 3.05) is 13.2 Å². The highest BCUT2D eigenvalue weighted by molar-refractivity contribution is 5.84. The number of amides is 2. The van der Waals surface area contributed by atoms with Crippen LogP contribution in [-0.2, 0) is 16.1 Å². The van der Waals surface area contributed by atoms with Gasteiger partial charge in [0.05, 0.1) is 0 Å². The fourth-order valence-corrected chi connectivity index (χ4v) is 2.14. The van der Waals surface area contributed by atoms with E-state index in [1.165, 1.54) is 0 Å². The van der Waals surface area contributed by atoms with E-state index in [4.69, 9.17) is 10.5 Å². The Morgan fingerprint density at radius 2 is 2.14 bits per heavy atom. The summed E-state index contributed by atoms with van der Waals surface area (Å²) in [5.41, 5.74) is 6.19. The molecule has 1 saturated heterocycles. The van der Waals surface area contributed by atoms with Gasteiger partial charge in [-0.25, -0.2) is 4.79 Å². The number of carbonyl (C=O) groups is 2. The van der Waals surface area contributed by atoms with Gasteiger partial charge in [0.1, 0.15) is 12.6 Å². The van der Waals surface area contributed by atoms with Gasteiger partial charge in [-0.1, -0.05) is 30.3 Å². The summed E-state index contributed by atoms with van der Waals surface area (Å²) in [6.45, 7) is 1.58. The molecule has 0 bridgehead atoms. The van der Waals surface area contributed by atoms with Crippen LogP contribution in [0, 0.1) is 0 Å². The van der Waals surface area contributed by atoms with Crippen molar-refractivity contribution in [1.82, 2.24) is 16.0 Å². The standard InChI is InChI=1S/C14H20N4O3/c15-13(19)12(6-11-7-16-9-17-11)18-14(20)21-8-10-4-2-1-3-5-10/h1-5,11-12,16-17H,6-9H2,(H2,15,19)(H,18,20). The molecular formula is C14H20N4O3. The van der Waals surface area contributed by atoms with Crippen molar-refractivity contribution in [2.24, 2.45) is 5.73 Å². The van der Waals surface area contributed by atoms with E-state index in [2.05, 4.69) is 16.0 Å². The molecule has 2 unspecified atom stereocenters. The van der Waals surface area contributed by atoms with Gasteiger partial charge >= 0.3 is 6.09 Å². The predicted octanol–water partition coefficient (Wildman–Crippen LogP) is -0.324. The zero-order valence-electron chi connectivity index (χ0n) is 11.7. The second kappa shape index (κ2) is 7.61. The SMILES string of the molecule is NC(=O)C(CC1CNCN1)NC(=O)OCc1ccccc1. The summed E-state index contributed by atoms with van der Waals surface area (Å²) in [6, 6.07) is 8.68. The van der Waals surface area contributed by atoms with Crippen LogP contribution in [0.2, 0.25) is 0 Å². The molecule has 1 heterocycles. The normalized spacial score (nSPS) is 19.0. The molecule has 2 rings (SSSR count). The summed E-state index contributed by atoms with van der Waals surface area (Å²) in [6.07, 6.45) is -0.212. The summed E-state index contributed by atoms with van der Waals surface area (Å²) in [5, 5.41) is 8.78. The van der Waals surface area contributed by atoms with Crippen molar-refractivity contribution in [3.63, 3.8) is 0 Å². The number of benzene rings is 1. The van der Waals surface area contributed by atoms with Crippen molar-refractivity contribution in [2.45, 2.75) is 25.1 Å². The second-order valence-corrected chi connectivity index (χ2v) is 4.93. The van der Waals surface area contributed by atoms with E-state index >= 15 is 0 Å². The number of nitrogens with two attached hydrogens (primary N) is 1. The average molecular weight is 292 g/mol. The van der Waals surface area contributed by atoms with E-state index in [0.717, 1.165) is 12.1 Å². The molecule has 7 nitrogen and oxygen atoms in total. The Bertz CT molecular complexity index is 474. The molecule has 0 spiro atoms. The third-order valence-electron chi connectivity index (χ3n) is 3.27. The minimum Gasteiger partial charge on any atom is -0.445 e. The van der Waals surface area contributed by atoms with Gasteiger partial charge in [0.15, 0.2) is 0 Å². The summed E-state index contributed by atoms with van der Waals surface area (Å²) in [4.78, 5) is 23.1. The number of alkyl carbamates (subject to hydrolysis) is 1. The third kappa shape index (κ3) is 5.05. The maximum absolute atomic E-state index is 11.7. The topological polar surface area (TPSA) is 105 Å². The molecule has 1 aliphatic rings. The highest BCUT2D eigenvalue weighted by atomic mass is 16.5. The quantitative estimate of drug-likeness (QED) is 0.575. The van der Waals surface area contributed by atoms with E-state index in [-0.39, 0.29) is 12.6 Å². The Hall–Kier alpha value is -2.12. The number of nitrogens with one attached hydrogen (secondary N) is 3. The second-order valence-electron chi connectivity index (χ2n) is 4.93. The first kappa shape index (κ1) is 15.3. The van der Waals surface area contributed by atoms with Crippen molar-refractivity contribution in [1.29, 1.82) is 0 Å². The molecule has 2 atom stereocenters. The number of hydrogen-bond acceptors (Lipinski definition) is 5. The van der Waals surface area contributed by atoms with Crippen LogP contribution in [0.25, 0.3) is 0 Å². The maximum atomic E-state index is 11.7. The van der Waals surface area contributed by atoms with E-state index in [1.807, 2.05) is 30.3 Å². The Labute approximate surface area is 123 Å². The van der Waals surface area contributed by atoms with Crippen molar-refractivity contribution in [3.8, 4) is 0 Å². The number of primary amides is 1. The molecule has 1 fully saturated rings. The number of ether oxygens (including phenoxy) is 1. The van der Waals surface area contributed by atoms with Crippen LogP contribution < -0.4 is 21.7 Å². The van der Waals surface area contributed by atoms with E-state index < -0.39 is 18.0 Å². The van der Waals surface area contributed by atoms with Crippen LogP contribution in [0.4, 0.5) is 4.79 Å². The molecule has 0 aliphatic carbocycles. The van der Waals surface area contributed by atoms with E-state index in [1.54, 1.807) is 0 Å². The van der Waals surface area contributed by atoms with Gasteiger partial charge in [-0.05, 0) is 12.0 Å². The first-order valence-corrected chi connectivity index (χ1v) is 6.86. The van der Waals surface area contributed by atoms with Gasteiger partial charge in [0, 0.05) is 19.3 Å². The van der Waals surface area contributed by atoms with Gasteiger partial charge in [-0.2, -0.15) is 0 Å². The Morgan fingerprint density at radius 1 is 1.38 bits per heavy atom. The van der Waals surface area contributed by atoms with Crippen molar-refractivity contribution >= 4 is 12.0 Å². The highest BCUT2D eigenvalue weighted by Crippen LogP contribution is 2.03. The molecule has 1 aromatic carbocycles. The minimum atomic E-state index is -0.745. The molecule has 0 aromatic heterocycles. The van der Waals surface area contributed by atoms with Gasteiger partial charge in [0.25, 0.3) is 0 Å². The first-order chi connectivity index (χ1) is 10.1. The van der Waals surface area contributed by atoms with Crippen LogP contribution in [0.3, 0.4) is 0 Å². The third-order valence-corrected chi connectivity index (χ3v) is 3.27. The lowest BCUT2D eigenvalue weighted by molar-refractivity contribution is -0.120. The first-order valence-electron chi connectivity index (χ1n) is 6.86. The van der Waals surface area contributed by atoms with Crippen LogP contribution in [0.1, 0.15) is 12.0 Å². The molecule has 21 heavy (non-hydrogen) atoms. The molecule has 1 aromatic rings. The highest BCUT2D eigenvalue weighted by Gasteiger charge is 2.25. The number of hydrogen-bond donors (Lipinski definition) is 4. The smallest absolute Gasteiger partial charge is 0.408 e. The molecule has 0 saturated carbocycles. The average Bonchev–Trinajstić information content (AvgIpc) is 2.98. The van der Waals surface area contributed by atoms with Gasteiger partial charge in [-0.3, -0.25) is 4.79 Å². The van der Waals surface area contributed by atoms with Crippen LogP contribution in [-0.4, -0.2) is 37.3 Å². The fraction of sp³-hybridized carbons (Fsp3) is 0.429. The largest absolute Gasteiger partial charge is 0.445 e. The predicted molar refractivity (Wildman–Crippen MR) is 77.2 cm³/mol. The Balaban J connectivity index is 1.79. The minimum absolute atomic E-state index is 0.108.